The van der Waals surface area contributed by atoms with Crippen LogP contribution in [-0.4, -0.2) is 35.8 Å². The summed E-state index contributed by atoms with van der Waals surface area (Å²) in [6.45, 7) is 0.305. The van der Waals surface area contributed by atoms with E-state index in [0.29, 0.717) is 23.4 Å². The number of hydrogen-bond donors (Lipinski definition) is 2. The SMILES string of the molecule is COC(CNc1cc(C#N)c2ccccc2n1)CC(=O)O. The van der Waals surface area contributed by atoms with Gasteiger partial charge in [-0.15, -0.1) is 0 Å². The molecule has 0 aliphatic rings. The largest absolute Gasteiger partial charge is 0.481 e. The van der Waals surface area contributed by atoms with Crippen molar-refractivity contribution in [2.45, 2.75) is 12.5 Å². The first kappa shape index (κ1) is 14.8. The Hall–Kier alpha value is -2.65. The standard InChI is InChI=1S/C15H15N3O3/c1-21-11(7-15(19)20)9-17-14-6-10(8-16)12-4-2-3-5-13(12)18-14/h2-6,11H,7,9H2,1H3,(H,17,18)(H,19,20). The second-order valence-corrected chi connectivity index (χ2v) is 4.52. The lowest BCUT2D eigenvalue weighted by atomic mass is 10.1. The zero-order valence-corrected chi connectivity index (χ0v) is 11.5. The van der Waals surface area contributed by atoms with E-state index in [-0.39, 0.29) is 6.42 Å². The number of hydrogen-bond acceptors (Lipinski definition) is 5. The average molecular weight is 285 g/mol. The average Bonchev–Trinajstić information content (AvgIpc) is 2.50. The molecule has 6 heteroatoms. The second kappa shape index (κ2) is 6.68. The highest BCUT2D eigenvalue weighted by molar-refractivity contribution is 5.86. The summed E-state index contributed by atoms with van der Waals surface area (Å²) in [6.07, 6.45) is -0.552. The minimum atomic E-state index is -0.923. The first-order valence-corrected chi connectivity index (χ1v) is 6.42. The highest BCUT2D eigenvalue weighted by atomic mass is 16.5. The van der Waals surface area contributed by atoms with E-state index in [4.69, 9.17) is 9.84 Å². The fourth-order valence-corrected chi connectivity index (χ4v) is 2.01. The lowest BCUT2D eigenvalue weighted by Crippen LogP contribution is -2.25. The van der Waals surface area contributed by atoms with Crippen LogP contribution in [0.1, 0.15) is 12.0 Å². The van der Waals surface area contributed by atoms with E-state index >= 15 is 0 Å². The van der Waals surface area contributed by atoms with Crippen LogP contribution >= 0.6 is 0 Å². The van der Waals surface area contributed by atoms with Gasteiger partial charge in [0, 0.05) is 19.0 Å². The Kier molecular flexibility index (Phi) is 4.69. The molecule has 21 heavy (non-hydrogen) atoms. The number of rotatable bonds is 6. The molecule has 0 fully saturated rings. The number of anilines is 1. The molecular weight excluding hydrogens is 270 g/mol. The molecule has 2 aromatic rings. The summed E-state index contributed by atoms with van der Waals surface area (Å²) < 4.78 is 5.09. The van der Waals surface area contributed by atoms with Gasteiger partial charge in [0.15, 0.2) is 0 Å². The Labute approximate surface area is 122 Å². The van der Waals surface area contributed by atoms with Gasteiger partial charge in [-0.3, -0.25) is 4.79 Å². The lowest BCUT2D eigenvalue weighted by Gasteiger charge is -2.15. The Balaban J connectivity index is 2.19. The quantitative estimate of drug-likeness (QED) is 0.843. The van der Waals surface area contributed by atoms with Crippen LogP contribution in [0, 0.1) is 11.3 Å². The molecule has 2 rings (SSSR count). The molecule has 0 amide bonds. The van der Waals surface area contributed by atoms with Gasteiger partial charge in [0.2, 0.25) is 0 Å². The molecule has 0 saturated heterocycles. The number of benzene rings is 1. The minimum absolute atomic E-state index is 0.0951. The van der Waals surface area contributed by atoms with Crippen molar-refractivity contribution >= 4 is 22.7 Å². The molecule has 0 saturated carbocycles. The predicted octanol–water partition coefficient (Wildman–Crippen LogP) is 2.01. The van der Waals surface area contributed by atoms with Crippen molar-refractivity contribution in [3.05, 3.63) is 35.9 Å². The molecule has 0 aliphatic carbocycles. The Morgan fingerprint density at radius 2 is 2.29 bits per heavy atom. The number of aliphatic carboxylic acids is 1. The van der Waals surface area contributed by atoms with Crippen LogP contribution in [-0.2, 0) is 9.53 Å². The molecule has 108 valence electrons. The molecule has 1 unspecified atom stereocenters. The molecule has 1 aromatic carbocycles. The van der Waals surface area contributed by atoms with Crippen molar-refractivity contribution in [3.63, 3.8) is 0 Å². The summed E-state index contributed by atoms with van der Waals surface area (Å²) in [5, 5.41) is 21.8. The summed E-state index contributed by atoms with van der Waals surface area (Å²) in [6, 6.07) is 11.2. The molecule has 0 spiro atoms. The number of carboxylic acid groups (broad SMARTS) is 1. The third kappa shape index (κ3) is 3.68. The molecule has 0 bridgehead atoms. The van der Waals surface area contributed by atoms with Gasteiger partial charge in [0.25, 0.3) is 0 Å². The Bertz CT molecular complexity index is 694. The summed E-state index contributed by atoms with van der Waals surface area (Å²) in [5.41, 5.74) is 1.24. The third-order valence-electron chi connectivity index (χ3n) is 3.08. The Morgan fingerprint density at radius 1 is 1.52 bits per heavy atom. The van der Waals surface area contributed by atoms with Crippen molar-refractivity contribution in [3.8, 4) is 6.07 Å². The van der Waals surface area contributed by atoms with Crippen molar-refractivity contribution < 1.29 is 14.6 Å². The molecular formula is C15H15N3O3. The number of carbonyl (C=O) groups is 1. The highest BCUT2D eigenvalue weighted by Gasteiger charge is 2.13. The summed E-state index contributed by atoms with van der Waals surface area (Å²) in [5.74, 6) is -0.398. The maximum Gasteiger partial charge on any atom is 0.306 e. The molecule has 1 atom stereocenters. The molecule has 0 radical (unpaired) electrons. The van der Waals surface area contributed by atoms with Gasteiger partial charge in [-0.25, -0.2) is 4.98 Å². The smallest absolute Gasteiger partial charge is 0.306 e. The number of carboxylic acids is 1. The first-order chi connectivity index (χ1) is 10.1. The van der Waals surface area contributed by atoms with Gasteiger partial charge in [0.1, 0.15) is 5.82 Å². The van der Waals surface area contributed by atoms with Crippen LogP contribution in [0.2, 0.25) is 0 Å². The zero-order valence-electron chi connectivity index (χ0n) is 11.5. The van der Waals surface area contributed by atoms with Gasteiger partial charge in [-0.2, -0.15) is 5.26 Å². The summed E-state index contributed by atoms with van der Waals surface area (Å²) in [4.78, 5) is 15.1. The highest BCUT2D eigenvalue weighted by Crippen LogP contribution is 2.20. The number of aromatic nitrogens is 1. The van der Waals surface area contributed by atoms with Crippen LogP contribution < -0.4 is 5.32 Å². The minimum Gasteiger partial charge on any atom is -0.481 e. The van der Waals surface area contributed by atoms with Crippen molar-refractivity contribution in [2.75, 3.05) is 19.0 Å². The van der Waals surface area contributed by atoms with E-state index in [0.717, 1.165) is 5.39 Å². The van der Waals surface area contributed by atoms with Gasteiger partial charge in [-0.1, -0.05) is 18.2 Å². The van der Waals surface area contributed by atoms with Crippen LogP contribution in [0.25, 0.3) is 10.9 Å². The van der Waals surface area contributed by atoms with Gasteiger partial charge in [0.05, 0.1) is 29.7 Å². The summed E-state index contributed by atoms with van der Waals surface area (Å²) >= 11 is 0. The van der Waals surface area contributed by atoms with E-state index in [1.807, 2.05) is 24.3 Å². The van der Waals surface area contributed by atoms with Crippen molar-refractivity contribution in [1.82, 2.24) is 4.98 Å². The molecule has 1 heterocycles. The molecule has 6 nitrogen and oxygen atoms in total. The topological polar surface area (TPSA) is 95.2 Å². The van der Waals surface area contributed by atoms with Crippen LogP contribution in [0.5, 0.6) is 0 Å². The van der Waals surface area contributed by atoms with E-state index in [1.165, 1.54) is 7.11 Å². The lowest BCUT2D eigenvalue weighted by molar-refractivity contribution is -0.139. The maximum absolute atomic E-state index is 10.7. The van der Waals surface area contributed by atoms with Crippen LogP contribution in [0.4, 0.5) is 5.82 Å². The maximum atomic E-state index is 10.7. The number of para-hydroxylation sites is 1. The molecule has 0 aliphatic heterocycles. The zero-order chi connectivity index (χ0) is 15.2. The number of nitriles is 1. The molecule has 1 aromatic heterocycles. The number of ether oxygens (including phenoxy) is 1. The van der Waals surface area contributed by atoms with E-state index in [9.17, 15) is 10.1 Å². The van der Waals surface area contributed by atoms with Crippen LogP contribution in [0.3, 0.4) is 0 Å². The number of pyridine rings is 1. The normalized spacial score (nSPS) is 11.8. The van der Waals surface area contributed by atoms with Gasteiger partial charge < -0.3 is 15.2 Å². The second-order valence-electron chi connectivity index (χ2n) is 4.52. The van der Waals surface area contributed by atoms with E-state index in [1.54, 1.807) is 6.07 Å². The fraction of sp³-hybridized carbons (Fsp3) is 0.267. The predicted molar refractivity (Wildman–Crippen MR) is 78.0 cm³/mol. The number of fused-ring (bicyclic) bond motifs is 1. The fourth-order valence-electron chi connectivity index (χ4n) is 2.01. The van der Waals surface area contributed by atoms with Crippen LogP contribution in [0.15, 0.2) is 30.3 Å². The third-order valence-corrected chi connectivity index (χ3v) is 3.08. The number of methoxy groups -OCH3 is 1. The number of nitrogens with zero attached hydrogens (tertiary/aromatic N) is 2. The van der Waals surface area contributed by atoms with Gasteiger partial charge >= 0.3 is 5.97 Å². The van der Waals surface area contributed by atoms with Crippen molar-refractivity contribution in [1.29, 1.82) is 5.26 Å². The van der Waals surface area contributed by atoms with E-state index < -0.39 is 12.1 Å². The van der Waals surface area contributed by atoms with E-state index in [2.05, 4.69) is 16.4 Å². The summed E-state index contributed by atoms with van der Waals surface area (Å²) in [7, 11) is 1.46. The Morgan fingerprint density at radius 3 is 2.95 bits per heavy atom. The number of nitrogens with one attached hydrogen (secondary N) is 1. The van der Waals surface area contributed by atoms with Gasteiger partial charge in [-0.05, 0) is 12.1 Å². The van der Waals surface area contributed by atoms with Crippen molar-refractivity contribution in [2.24, 2.45) is 0 Å². The first-order valence-electron chi connectivity index (χ1n) is 6.42. The molecule has 2 N–H and O–H groups in total. The monoisotopic (exact) mass is 285 g/mol.